The van der Waals surface area contributed by atoms with Gasteiger partial charge in [-0.25, -0.2) is 13.1 Å². The Morgan fingerprint density at radius 2 is 2.07 bits per heavy atom. The quantitative estimate of drug-likeness (QED) is 0.712. The zero-order valence-corrected chi connectivity index (χ0v) is 9.33. The molecular weight excluding hydrogens is 216 g/mol. The SMILES string of the molecule is N#CCS(=O)(=O)NC1CCCCC1CO. The summed E-state index contributed by atoms with van der Waals surface area (Å²) in [7, 11) is -3.50. The van der Waals surface area contributed by atoms with Crippen LogP contribution >= 0.6 is 0 Å². The van der Waals surface area contributed by atoms with Crippen LogP contribution in [0.4, 0.5) is 0 Å². The molecule has 5 nitrogen and oxygen atoms in total. The molecule has 0 aliphatic heterocycles. The van der Waals surface area contributed by atoms with E-state index in [-0.39, 0.29) is 18.6 Å². The number of nitrogens with zero attached hydrogens (tertiary/aromatic N) is 1. The molecule has 1 fully saturated rings. The van der Waals surface area contributed by atoms with Gasteiger partial charge in [0.25, 0.3) is 0 Å². The van der Waals surface area contributed by atoms with E-state index < -0.39 is 15.8 Å². The lowest BCUT2D eigenvalue weighted by molar-refractivity contribution is 0.164. The van der Waals surface area contributed by atoms with Crippen molar-refractivity contribution in [3.63, 3.8) is 0 Å². The van der Waals surface area contributed by atoms with Gasteiger partial charge in [-0.3, -0.25) is 0 Å². The van der Waals surface area contributed by atoms with E-state index in [2.05, 4.69) is 4.72 Å². The zero-order chi connectivity index (χ0) is 11.3. The molecule has 1 saturated carbocycles. The van der Waals surface area contributed by atoms with Gasteiger partial charge in [-0.2, -0.15) is 5.26 Å². The monoisotopic (exact) mass is 232 g/mol. The van der Waals surface area contributed by atoms with Crippen LogP contribution in [0.15, 0.2) is 0 Å². The maximum Gasteiger partial charge on any atom is 0.225 e. The molecule has 1 aliphatic rings. The molecule has 0 heterocycles. The number of nitrogens with one attached hydrogen (secondary N) is 1. The molecule has 0 aromatic rings. The van der Waals surface area contributed by atoms with Crippen molar-refractivity contribution < 1.29 is 13.5 Å². The Bertz CT molecular complexity index is 334. The van der Waals surface area contributed by atoms with Crippen molar-refractivity contribution in [3.8, 4) is 6.07 Å². The Kier molecular flexibility index (Phi) is 4.51. The summed E-state index contributed by atoms with van der Waals surface area (Å²) < 4.78 is 25.2. The summed E-state index contributed by atoms with van der Waals surface area (Å²) >= 11 is 0. The minimum Gasteiger partial charge on any atom is -0.396 e. The summed E-state index contributed by atoms with van der Waals surface area (Å²) in [6.07, 6.45) is 3.59. The molecule has 0 aromatic heterocycles. The molecule has 6 heteroatoms. The molecule has 0 bridgehead atoms. The average Bonchev–Trinajstić information content (AvgIpc) is 2.17. The lowest BCUT2D eigenvalue weighted by Crippen LogP contribution is -2.44. The van der Waals surface area contributed by atoms with Gasteiger partial charge in [0, 0.05) is 12.6 Å². The topological polar surface area (TPSA) is 90.2 Å². The number of sulfonamides is 1. The minimum atomic E-state index is -3.50. The van der Waals surface area contributed by atoms with E-state index in [1.54, 1.807) is 6.07 Å². The van der Waals surface area contributed by atoms with E-state index in [0.717, 1.165) is 25.7 Å². The van der Waals surface area contributed by atoms with E-state index in [9.17, 15) is 8.42 Å². The van der Waals surface area contributed by atoms with Crippen LogP contribution < -0.4 is 4.72 Å². The lowest BCUT2D eigenvalue weighted by Gasteiger charge is -2.30. The van der Waals surface area contributed by atoms with Crippen molar-refractivity contribution >= 4 is 10.0 Å². The predicted octanol–water partition coefficient (Wildman–Crippen LogP) is -0.0195. The first-order valence-electron chi connectivity index (χ1n) is 5.07. The lowest BCUT2D eigenvalue weighted by atomic mass is 9.86. The van der Waals surface area contributed by atoms with Gasteiger partial charge < -0.3 is 5.11 Å². The van der Waals surface area contributed by atoms with Crippen LogP contribution in [0, 0.1) is 17.2 Å². The van der Waals surface area contributed by atoms with Crippen molar-refractivity contribution in [1.82, 2.24) is 4.72 Å². The molecule has 2 unspecified atom stereocenters. The maximum absolute atomic E-state index is 11.3. The Morgan fingerprint density at radius 1 is 1.40 bits per heavy atom. The second-order valence-corrected chi connectivity index (χ2v) is 5.62. The normalized spacial score (nSPS) is 27.2. The molecule has 0 saturated heterocycles. The van der Waals surface area contributed by atoms with Crippen molar-refractivity contribution in [2.75, 3.05) is 12.4 Å². The fourth-order valence-corrected chi connectivity index (χ4v) is 2.96. The fraction of sp³-hybridized carbons (Fsp3) is 0.889. The number of nitriles is 1. The van der Waals surface area contributed by atoms with Gasteiger partial charge in [0.1, 0.15) is 0 Å². The first-order chi connectivity index (χ1) is 7.09. The maximum atomic E-state index is 11.3. The Morgan fingerprint density at radius 3 is 2.67 bits per heavy atom. The average molecular weight is 232 g/mol. The van der Waals surface area contributed by atoms with Crippen LogP contribution in [-0.2, 0) is 10.0 Å². The van der Waals surface area contributed by atoms with E-state index in [1.165, 1.54) is 0 Å². The summed E-state index contributed by atoms with van der Waals surface area (Å²) in [6, 6.07) is 1.41. The van der Waals surface area contributed by atoms with Gasteiger partial charge in [0.05, 0.1) is 6.07 Å². The Hall–Kier alpha value is -0.640. The molecule has 0 spiro atoms. The van der Waals surface area contributed by atoms with Crippen molar-refractivity contribution in [3.05, 3.63) is 0 Å². The second-order valence-electron chi connectivity index (χ2n) is 3.87. The van der Waals surface area contributed by atoms with Crippen molar-refractivity contribution in [2.45, 2.75) is 31.7 Å². The predicted molar refractivity (Wildman–Crippen MR) is 55.4 cm³/mol. The highest BCUT2D eigenvalue weighted by Crippen LogP contribution is 2.24. The van der Waals surface area contributed by atoms with Gasteiger partial charge in [-0.15, -0.1) is 0 Å². The van der Waals surface area contributed by atoms with Crippen LogP contribution in [0.1, 0.15) is 25.7 Å². The molecule has 15 heavy (non-hydrogen) atoms. The third kappa shape index (κ3) is 3.78. The van der Waals surface area contributed by atoms with Gasteiger partial charge in [0.2, 0.25) is 10.0 Å². The number of hydrogen-bond donors (Lipinski definition) is 2. The minimum absolute atomic E-state index is 0.000258. The molecule has 0 aromatic carbocycles. The first-order valence-corrected chi connectivity index (χ1v) is 6.72. The molecule has 86 valence electrons. The van der Waals surface area contributed by atoms with Crippen LogP contribution in [0.2, 0.25) is 0 Å². The summed E-state index contributed by atoms with van der Waals surface area (Å²) in [5.74, 6) is -0.519. The number of aliphatic hydroxyl groups is 1. The number of hydrogen-bond acceptors (Lipinski definition) is 4. The number of aliphatic hydroxyl groups excluding tert-OH is 1. The van der Waals surface area contributed by atoms with Crippen molar-refractivity contribution in [2.24, 2.45) is 5.92 Å². The smallest absolute Gasteiger partial charge is 0.225 e. The molecule has 0 radical (unpaired) electrons. The largest absolute Gasteiger partial charge is 0.396 e. The molecule has 1 rings (SSSR count). The second kappa shape index (κ2) is 5.45. The zero-order valence-electron chi connectivity index (χ0n) is 8.52. The third-order valence-electron chi connectivity index (χ3n) is 2.73. The molecular formula is C9H16N2O3S. The van der Waals surface area contributed by atoms with Gasteiger partial charge in [-0.05, 0) is 18.8 Å². The van der Waals surface area contributed by atoms with Crippen LogP contribution in [-0.4, -0.2) is 31.9 Å². The first kappa shape index (κ1) is 12.4. The van der Waals surface area contributed by atoms with E-state index in [1.807, 2.05) is 0 Å². The summed E-state index contributed by atoms with van der Waals surface area (Å²) in [5.41, 5.74) is 0. The van der Waals surface area contributed by atoms with Crippen LogP contribution in [0.3, 0.4) is 0 Å². The van der Waals surface area contributed by atoms with Gasteiger partial charge in [-0.1, -0.05) is 12.8 Å². The third-order valence-corrected chi connectivity index (χ3v) is 3.90. The van der Waals surface area contributed by atoms with Gasteiger partial charge >= 0.3 is 0 Å². The molecule has 2 atom stereocenters. The van der Waals surface area contributed by atoms with E-state index >= 15 is 0 Å². The highest BCUT2D eigenvalue weighted by Gasteiger charge is 2.27. The van der Waals surface area contributed by atoms with Gasteiger partial charge in [0.15, 0.2) is 5.75 Å². The molecule has 2 N–H and O–H groups in total. The molecule has 0 amide bonds. The summed E-state index contributed by atoms with van der Waals surface area (Å²) in [5, 5.41) is 17.4. The fourth-order valence-electron chi connectivity index (χ4n) is 1.94. The number of rotatable bonds is 4. The highest BCUT2D eigenvalue weighted by molar-refractivity contribution is 7.89. The van der Waals surface area contributed by atoms with Crippen molar-refractivity contribution in [1.29, 1.82) is 5.26 Å². The highest BCUT2D eigenvalue weighted by atomic mass is 32.2. The standard InChI is InChI=1S/C9H16N2O3S/c10-5-6-15(13,14)11-9-4-2-1-3-8(9)7-12/h8-9,11-12H,1-4,6-7H2. The molecule has 1 aliphatic carbocycles. The van der Waals surface area contributed by atoms with Crippen LogP contribution in [0.25, 0.3) is 0 Å². The van der Waals surface area contributed by atoms with E-state index in [4.69, 9.17) is 10.4 Å². The Balaban J connectivity index is 2.59. The summed E-state index contributed by atoms with van der Waals surface area (Å²) in [6.45, 7) is -0.000258. The summed E-state index contributed by atoms with van der Waals surface area (Å²) in [4.78, 5) is 0. The van der Waals surface area contributed by atoms with Crippen LogP contribution in [0.5, 0.6) is 0 Å². The van der Waals surface area contributed by atoms with E-state index in [0.29, 0.717) is 0 Å². The Labute approximate surface area is 90.2 Å².